The zero-order chi connectivity index (χ0) is 13.5. The lowest BCUT2D eigenvalue weighted by Gasteiger charge is -2.17. The molecular weight excluding hydrogens is 272 g/mol. The smallest absolute Gasteiger partial charge is 0.126 e. The van der Waals surface area contributed by atoms with Crippen LogP contribution in [0.2, 0.25) is 10.0 Å². The lowest BCUT2D eigenvalue weighted by Crippen LogP contribution is -2.15. The molecule has 1 aromatic carbocycles. The molecule has 0 radical (unpaired) electrons. The number of benzene rings is 1. The Balaban J connectivity index is 2.51. The molecule has 0 spiro atoms. The molecule has 0 aliphatic rings. The first-order chi connectivity index (χ1) is 8.54. The minimum absolute atomic E-state index is 0.280. The van der Waals surface area contributed by atoms with Crippen LogP contribution in [0.4, 0.5) is 10.1 Å². The van der Waals surface area contributed by atoms with Gasteiger partial charge in [-0.05, 0) is 25.5 Å². The van der Waals surface area contributed by atoms with E-state index in [9.17, 15) is 4.39 Å². The monoisotopic (exact) mass is 291 g/mol. The average molecular weight is 292 g/mol. The summed E-state index contributed by atoms with van der Waals surface area (Å²) in [5.41, 5.74) is 0.628. The van der Waals surface area contributed by atoms with E-state index in [4.69, 9.17) is 23.2 Å². The van der Waals surface area contributed by atoms with Crippen molar-refractivity contribution in [3.05, 3.63) is 28.0 Å². The van der Waals surface area contributed by atoms with Crippen LogP contribution in [0.5, 0.6) is 0 Å². The second-order valence-electron chi connectivity index (χ2n) is 4.64. The van der Waals surface area contributed by atoms with Crippen molar-refractivity contribution in [3.8, 4) is 0 Å². The van der Waals surface area contributed by atoms with Crippen LogP contribution < -0.4 is 5.32 Å². The Morgan fingerprint density at radius 3 is 2.33 bits per heavy atom. The summed E-state index contributed by atoms with van der Waals surface area (Å²) in [4.78, 5) is 0. The Labute approximate surface area is 119 Å². The van der Waals surface area contributed by atoms with Crippen molar-refractivity contribution in [1.82, 2.24) is 0 Å². The van der Waals surface area contributed by atoms with Crippen LogP contribution in [0.1, 0.15) is 46.0 Å². The molecule has 1 atom stereocenters. The summed E-state index contributed by atoms with van der Waals surface area (Å²) in [5.74, 6) is -0.411. The fraction of sp³-hybridized carbons (Fsp3) is 0.571. The first-order valence-electron chi connectivity index (χ1n) is 6.45. The van der Waals surface area contributed by atoms with Gasteiger partial charge < -0.3 is 5.32 Å². The summed E-state index contributed by atoms with van der Waals surface area (Å²) < 4.78 is 13.0. The van der Waals surface area contributed by atoms with Gasteiger partial charge >= 0.3 is 0 Å². The number of nitrogens with one attached hydrogen (secondary N) is 1. The normalized spacial score (nSPS) is 12.5. The Morgan fingerprint density at radius 1 is 1.17 bits per heavy atom. The number of anilines is 1. The van der Waals surface area contributed by atoms with Crippen LogP contribution in [0, 0.1) is 5.82 Å². The SMILES string of the molecule is CCCCCCC(C)Nc1c(Cl)cc(F)cc1Cl. The largest absolute Gasteiger partial charge is 0.380 e. The van der Waals surface area contributed by atoms with Crippen LogP contribution in [0.3, 0.4) is 0 Å². The zero-order valence-corrected chi connectivity index (χ0v) is 12.4. The maximum Gasteiger partial charge on any atom is 0.126 e. The molecule has 4 heteroatoms. The van der Waals surface area contributed by atoms with E-state index >= 15 is 0 Å². The van der Waals surface area contributed by atoms with E-state index in [0.29, 0.717) is 15.7 Å². The van der Waals surface area contributed by atoms with E-state index in [0.717, 1.165) is 6.42 Å². The number of rotatable bonds is 7. The van der Waals surface area contributed by atoms with Gasteiger partial charge in [0.15, 0.2) is 0 Å². The van der Waals surface area contributed by atoms with Crippen LogP contribution in [0.25, 0.3) is 0 Å². The van der Waals surface area contributed by atoms with E-state index in [-0.39, 0.29) is 6.04 Å². The molecule has 1 nitrogen and oxygen atoms in total. The molecule has 1 aromatic rings. The molecular formula is C14H20Cl2FN. The Bertz CT molecular complexity index is 359. The Morgan fingerprint density at radius 2 is 1.78 bits per heavy atom. The summed E-state index contributed by atoms with van der Waals surface area (Å²) in [5, 5.41) is 3.92. The molecule has 0 heterocycles. The predicted octanol–water partition coefficient (Wildman–Crippen LogP) is 5.90. The lowest BCUT2D eigenvalue weighted by atomic mass is 10.1. The molecule has 1 N–H and O–H groups in total. The number of halogens is 3. The first kappa shape index (κ1) is 15.6. The van der Waals surface area contributed by atoms with Gasteiger partial charge in [-0.3, -0.25) is 0 Å². The maximum atomic E-state index is 13.0. The summed E-state index contributed by atoms with van der Waals surface area (Å²) in [7, 11) is 0. The molecule has 0 aliphatic heterocycles. The van der Waals surface area contributed by atoms with Gasteiger partial charge in [0.1, 0.15) is 5.82 Å². The fourth-order valence-corrected chi connectivity index (χ4v) is 2.45. The van der Waals surface area contributed by atoms with Gasteiger partial charge in [-0.15, -0.1) is 0 Å². The van der Waals surface area contributed by atoms with Gasteiger partial charge in [0.05, 0.1) is 15.7 Å². The van der Waals surface area contributed by atoms with Crippen molar-refractivity contribution in [1.29, 1.82) is 0 Å². The van der Waals surface area contributed by atoms with E-state index in [1.807, 2.05) is 0 Å². The van der Waals surface area contributed by atoms with E-state index < -0.39 is 5.82 Å². The standard InChI is InChI=1S/C14H20Cl2FN/c1-3-4-5-6-7-10(2)18-14-12(15)8-11(17)9-13(14)16/h8-10,18H,3-7H2,1-2H3. The predicted molar refractivity (Wildman–Crippen MR) is 78.3 cm³/mol. The highest BCUT2D eigenvalue weighted by atomic mass is 35.5. The minimum atomic E-state index is -0.411. The molecule has 0 saturated carbocycles. The molecule has 0 bridgehead atoms. The first-order valence-corrected chi connectivity index (χ1v) is 7.21. The number of unbranched alkanes of at least 4 members (excludes halogenated alkanes) is 3. The van der Waals surface area contributed by atoms with Gasteiger partial charge in [-0.25, -0.2) is 4.39 Å². The van der Waals surface area contributed by atoms with Gasteiger partial charge in [-0.1, -0.05) is 55.8 Å². The van der Waals surface area contributed by atoms with E-state index in [1.165, 1.54) is 37.8 Å². The van der Waals surface area contributed by atoms with Crippen molar-refractivity contribution in [3.63, 3.8) is 0 Å². The molecule has 0 amide bonds. The van der Waals surface area contributed by atoms with Gasteiger partial charge in [0.2, 0.25) is 0 Å². The van der Waals surface area contributed by atoms with Gasteiger partial charge in [0, 0.05) is 6.04 Å². The van der Waals surface area contributed by atoms with Crippen molar-refractivity contribution in [2.24, 2.45) is 0 Å². The molecule has 0 saturated heterocycles. The third kappa shape index (κ3) is 5.03. The summed E-state index contributed by atoms with van der Waals surface area (Å²) >= 11 is 12.0. The van der Waals surface area contributed by atoms with Gasteiger partial charge in [-0.2, -0.15) is 0 Å². The topological polar surface area (TPSA) is 12.0 Å². The summed E-state index contributed by atoms with van der Waals surface area (Å²) in [6, 6.07) is 2.83. The van der Waals surface area contributed by atoms with Gasteiger partial charge in [0.25, 0.3) is 0 Å². The molecule has 102 valence electrons. The van der Waals surface area contributed by atoms with Crippen LogP contribution in [-0.2, 0) is 0 Å². The summed E-state index contributed by atoms with van der Waals surface area (Å²) in [6.45, 7) is 4.28. The third-order valence-electron chi connectivity index (χ3n) is 2.89. The molecule has 1 rings (SSSR count). The number of hydrogen-bond donors (Lipinski definition) is 1. The molecule has 0 fully saturated rings. The minimum Gasteiger partial charge on any atom is -0.380 e. The highest BCUT2D eigenvalue weighted by Crippen LogP contribution is 2.32. The zero-order valence-electron chi connectivity index (χ0n) is 10.9. The van der Waals surface area contributed by atoms with Crippen molar-refractivity contribution < 1.29 is 4.39 Å². The summed E-state index contributed by atoms with van der Waals surface area (Å²) in [6.07, 6.45) is 5.98. The average Bonchev–Trinajstić information content (AvgIpc) is 2.29. The van der Waals surface area contributed by atoms with E-state index in [1.54, 1.807) is 0 Å². The molecule has 1 unspecified atom stereocenters. The number of hydrogen-bond acceptors (Lipinski definition) is 1. The van der Waals surface area contributed by atoms with Crippen LogP contribution in [0.15, 0.2) is 12.1 Å². The Hall–Kier alpha value is -0.470. The highest BCUT2D eigenvalue weighted by Gasteiger charge is 2.11. The quantitative estimate of drug-likeness (QED) is 0.616. The van der Waals surface area contributed by atoms with Crippen molar-refractivity contribution in [2.75, 3.05) is 5.32 Å². The maximum absolute atomic E-state index is 13.0. The molecule has 0 aromatic heterocycles. The second kappa shape index (κ2) is 7.85. The molecule has 0 aliphatic carbocycles. The molecule has 18 heavy (non-hydrogen) atoms. The second-order valence-corrected chi connectivity index (χ2v) is 5.45. The Kier molecular flexibility index (Phi) is 6.80. The van der Waals surface area contributed by atoms with Crippen molar-refractivity contribution in [2.45, 2.75) is 52.0 Å². The van der Waals surface area contributed by atoms with Crippen LogP contribution in [-0.4, -0.2) is 6.04 Å². The van der Waals surface area contributed by atoms with Crippen molar-refractivity contribution >= 4 is 28.9 Å². The van der Waals surface area contributed by atoms with Crippen LogP contribution >= 0.6 is 23.2 Å². The third-order valence-corrected chi connectivity index (χ3v) is 3.48. The van der Waals surface area contributed by atoms with E-state index in [2.05, 4.69) is 19.2 Å². The fourth-order valence-electron chi connectivity index (χ4n) is 1.88. The highest BCUT2D eigenvalue weighted by molar-refractivity contribution is 6.39. The lowest BCUT2D eigenvalue weighted by molar-refractivity contribution is 0.593.